The summed E-state index contributed by atoms with van der Waals surface area (Å²) in [5.41, 5.74) is 5.99. The molecule has 6 rings (SSSR count). The van der Waals surface area contributed by atoms with Crippen molar-refractivity contribution in [3.8, 4) is 22.4 Å². The maximum absolute atomic E-state index is 13.4. The number of fused-ring (bicyclic) bond motifs is 4. The number of carbonyl (C=O) groups is 1. The third kappa shape index (κ3) is 7.05. The number of rotatable bonds is 3. The van der Waals surface area contributed by atoms with Crippen LogP contribution in [0.5, 0.6) is 0 Å². The first kappa shape index (κ1) is 31.7. The summed E-state index contributed by atoms with van der Waals surface area (Å²) in [5, 5.41) is 13.8. The number of allylic oxidation sites excluding steroid dienone is 2. The molecule has 0 fully saturated rings. The zero-order chi connectivity index (χ0) is 30.0. The van der Waals surface area contributed by atoms with Gasteiger partial charge >= 0.3 is 0 Å². The van der Waals surface area contributed by atoms with Gasteiger partial charge in [-0.1, -0.05) is 74.2 Å². The standard InChI is InChI=1S/C32H24FN2.C5H8O2.Ir/c1-32(2,3)29-17-23(16-22-6-4-5-7-25(22)29)31-28-19-35-30-18-21(20-8-11-24(33)12-9-20)10-13-27(30)26(28)14-15-34-31;1-4(6)3-5(2)7;/h4-15,17-19H,1-3H3;3,6H,1-2H3;/q-1;;/b;4-3-;. The summed E-state index contributed by atoms with van der Waals surface area (Å²) in [7, 11) is 0. The Balaban J connectivity index is 0.000000475. The first-order chi connectivity index (χ1) is 20.0. The molecule has 1 N–H and O–H groups in total. The Morgan fingerprint density at radius 3 is 2.19 bits per heavy atom. The smallest absolute Gasteiger partial charge is 0.155 e. The minimum Gasteiger partial charge on any atom is -0.512 e. The molecule has 2 aromatic heterocycles. The molecule has 219 valence electrons. The van der Waals surface area contributed by atoms with Crippen molar-refractivity contribution in [1.29, 1.82) is 0 Å². The number of ketones is 1. The van der Waals surface area contributed by atoms with E-state index in [4.69, 9.17) is 15.1 Å². The quantitative estimate of drug-likeness (QED) is 0.0849. The van der Waals surface area contributed by atoms with Gasteiger partial charge in [-0.15, -0.1) is 29.1 Å². The zero-order valence-electron chi connectivity index (χ0n) is 24.7. The van der Waals surface area contributed by atoms with E-state index in [1.807, 2.05) is 18.5 Å². The van der Waals surface area contributed by atoms with Crippen molar-refractivity contribution in [2.24, 2.45) is 0 Å². The van der Waals surface area contributed by atoms with Crippen LogP contribution < -0.4 is 0 Å². The van der Waals surface area contributed by atoms with Crippen molar-refractivity contribution in [1.82, 2.24) is 9.97 Å². The van der Waals surface area contributed by atoms with E-state index < -0.39 is 0 Å². The van der Waals surface area contributed by atoms with Crippen LogP contribution in [0.3, 0.4) is 0 Å². The fourth-order valence-corrected chi connectivity index (χ4v) is 5.15. The molecular weight excluding hydrogens is 716 g/mol. The third-order valence-corrected chi connectivity index (χ3v) is 7.04. The molecule has 0 spiro atoms. The van der Waals surface area contributed by atoms with Crippen molar-refractivity contribution in [3.05, 3.63) is 121 Å². The number of hydrogen-bond acceptors (Lipinski definition) is 4. The van der Waals surface area contributed by atoms with Crippen LogP contribution in [0, 0.1) is 11.9 Å². The average Bonchev–Trinajstić information content (AvgIpc) is 2.95. The Morgan fingerprint density at radius 1 is 0.837 bits per heavy atom. The first-order valence-corrected chi connectivity index (χ1v) is 13.8. The Labute approximate surface area is 264 Å². The fraction of sp³-hybridized carbons (Fsp3) is 0.162. The minimum absolute atomic E-state index is 0. The van der Waals surface area contributed by atoms with Crippen LogP contribution in [0.15, 0.2) is 103 Å². The second kappa shape index (κ2) is 12.9. The fourth-order valence-electron chi connectivity index (χ4n) is 5.15. The Kier molecular flexibility index (Phi) is 9.54. The predicted molar refractivity (Wildman–Crippen MR) is 170 cm³/mol. The van der Waals surface area contributed by atoms with E-state index in [-0.39, 0.29) is 42.9 Å². The first-order valence-electron chi connectivity index (χ1n) is 13.8. The Hall–Kier alpha value is -4.25. The van der Waals surface area contributed by atoms with Crippen LogP contribution in [0.1, 0.15) is 40.2 Å². The van der Waals surface area contributed by atoms with Gasteiger partial charge in [0, 0.05) is 49.7 Å². The summed E-state index contributed by atoms with van der Waals surface area (Å²) in [6.07, 6.45) is 4.94. The number of benzene rings is 4. The number of aliphatic hydroxyl groups excluding tert-OH is 1. The molecular formula is C37H32FIrN2O2-. The summed E-state index contributed by atoms with van der Waals surface area (Å²) in [5.74, 6) is -0.300. The van der Waals surface area contributed by atoms with Crippen molar-refractivity contribution in [2.45, 2.75) is 40.0 Å². The molecule has 1 radical (unpaired) electrons. The van der Waals surface area contributed by atoms with Gasteiger partial charge < -0.3 is 5.11 Å². The van der Waals surface area contributed by atoms with Crippen molar-refractivity contribution in [3.63, 3.8) is 0 Å². The Morgan fingerprint density at radius 2 is 1.53 bits per heavy atom. The molecule has 0 amide bonds. The second-order valence-electron chi connectivity index (χ2n) is 11.4. The molecule has 0 saturated carbocycles. The molecule has 2 heterocycles. The summed E-state index contributed by atoms with van der Waals surface area (Å²) < 4.78 is 13.4. The number of aromatic nitrogens is 2. The van der Waals surface area contributed by atoms with E-state index in [0.29, 0.717) is 0 Å². The second-order valence-corrected chi connectivity index (χ2v) is 11.4. The summed E-state index contributed by atoms with van der Waals surface area (Å²) in [6, 6.07) is 29.1. The molecule has 0 atom stereocenters. The number of halogens is 1. The zero-order valence-corrected chi connectivity index (χ0v) is 27.1. The van der Waals surface area contributed by atoms with Crippen molar-refractivity contribution in [2.75, 3.05) is 0 Å². The molecule has 43 heavy (non-hydrogen) atoms. The molecule has 0 aliphatic heterocycles. The molecule has 0 aliphatic carbocycles. The largest absolute Gasteiger partial charge is 0.512 e. The topological polar surface area (TPSA) is 63.1 Å². The van der Waals surface area contributed by atoms with Crippen LogP contribution in [0.2, 0.25) is 0 Å². The minimum atomic E-state index is -0.237. The Bertz CT molecular complexity index is 1970. The molecule has 0 unspecified atom stereocenters. The predicted octanol–water partition coefficient (Wildman–Crippen LogP) is 9.54. The monoisotopic (exact) mass is 748 g/mol. The van der Waals surface area contributed by atoms with Crippen molar-refractivity contribution < 1.29 is 34.4 Å². The van der Waals surface area contributed by atoms with E-state index in [1.54, 1.807) is 12.1 Å². The molecule has 6 heteroatoms. The van der Waals surface area contributed by atoms with Gasteiger partial charge in [0.2, 0.25) is 0 Å². The summed E-state index contributed by atoms with van der Waals surface area (Å²) in [4.78, 5) is 19.6. The normalized spacial score (nSPS) is 11.6. The van der Waals surface area contributed by atoms with E-state index >= 15 is 0 Å². The molecule has 0 aliphatic rings. The molecule has 4 aromatic carbocycles. The van der Waals surface area contributed by atoms with E-state index in [0.717, 1.165) is 49.4 Å². The number of carbonyl (C=O) groups excluding carboxylic acids is 1. The van der Waals surface area contributed by atoms with E-state index in [1.165, 1.54) is 43.0 Å². The number of hydrogen-bond donors (Lipinski definition) is 1. The molecule has 6 aromatic rings. The molecule has 0 saturated heterocycles. The van der Waals surface area contributed by atoms with Crippen molar-refractivity contribution >= 4 is 38.2 Å². The third-order valence-electron chi connectivity index (χ3n) is 7.04. The summed E-state index contributed by atoms with van der Waals surface area (Å²) in [6.45, 7) is 9.57. The van der Waals surface area contributed by atoms with Crippen LogP contribution in [-0.2, 0) is 30.3 Å². The van der Waals surface area contributed by atoms with Gasteiger partial charge in [0.05, 0.1) is 11.3 Å². The van der Waals surface area contributed by atoms with Gasteiger partial charge in [-0.25, -0.2) is 4.39 Å². The van der Waals surface area contributed by atoms with Gasteiger partial charge in [-0.2, -0.15) is 0 Å². The molecule has 4 nitrogen and oxygen atoms in total. The van der Waals surface area contributed by atoms with Crippen LogP contribution in [-0.4, -0.2) is 20.9 Å². The van der Waals surface area contributed by atoms with Crippen LogP contribution in [0.25, 0.3) is 54.8 Å². The van der Waals surface area contributed by atoms with Crippen LogP contribution >= 0.6 is 0 Å². The van der Waals surface area contributed by atoms with E-state index in [9.17, 15) is 9.18 Å². The average molecular weight is 748 g/mol. The maximum Gasteiger partial charge on any atom is 0.155 e. The van der Waals surface area contributed by atoms with Gasteiger partial charge in [0.1, 0.15) is 5.82 Å². The number of pyridine rings is 2. The van der Waals surface area contributed by atoms with Crippen LogP contribution in [0.4, 0.5) is 4.39 Å². The van der Waals surface area contributed by atoms with E-state index in [2.05, 4.69) is 75.4 Å². The molecule has 0 bridgehead atoms. The SMILES string of the molecule is CC(=O)/C=C(/C)O.CC(C)(C)c1cc(-c2nccc3c2cnc2cc(-c4ccc(F)cc4)ccc23)[c-]c2ccccc12.[Ir]. The van der Waals surface area contributed by atoms with Gasteiger partial charge in [-0.05, 0) is 65.4 Å². The maximum atomic E-state index is 13.4. The van der Waals surface area contributed by atoms with Gasteiger partial charge in [0.15, 0.2) is 5.78 Å². The number of aliphatic hydroxyl groups is 1. The van der Waals surface area contributed by atoms with Gasteiger partial charge in [0.25, 0.3) is 0 Å². The summed E-state index contributed by atoms with van der Waals surface area (Å²) >= 11 is 0. The van der Waals surface area contributed by atoms with Gasteiger partial charge in [-0.3, -0.25) is 14.8 Å². The number of nitrogens with zero attached hydrogens (tertiary/aromatic N) is 2.